The van der Waals surface area contributed by atoms with Crippen LogP contribution < -0.4 is 5.32 Å². The molecule has 0 fully saturated rings. The van der Waals surface area contributed by atoms with Gasteiger partial charge in [0.25, 0.3) is 0 Å². The molecule has 0 saturated carbocycles. The van der Waals surface area contributed by atoms with Crippen molar-refractivity contribution in [2.24, 2.45) is 0 Å². The molecule has 1 aromatic carbocycles. The Balaban J connectivity index is 2.71. The topological polar surface area (TPSA) is 35.8 Å². The van der Waals surface area contributed by atoms with Gasteiger partial charge < -0.3 is 5.32 Å². The fourth-order valence-corrected chi connectivity index (χ4v) is 1.39. The van der Waals surface area contributed by atoms with Crippen LogP contribution in [0.1, 0.15) is 6.42 Å². The van der Waals surface area contributed by atoms with Crippen LogP contribution in [0.25, 0.3) is 0 Å². The highest BCUT2D eigenvalue weighted by atomic mass is 79.9. The molecule has 2 nitrogen and oxygen atoms in total. The van der Waals surface area contributed by atoms with E-state index in [-0.39, 0.29) is 5.82 Å². The van der Waals surface area contributed by atoms with Crippen molar-refractivity contribution in [3.63, 3.8) is 0 Å². The van der Waals surface area contributed by atoms with E-state index in [2.05, 4.69) is 21.2 Å². The number of nitrogens with zero attached hydrogens (tertiary/aromatic N) is 1. The van der Waals surface area contributed by atoms with Gasteiger partial charge in [0.05, 0.1) is 18.2 Å². The molecule has 0 aromatic heterocycles. The Kier molecular flexibility index (Phi) is 3.71. The molecule has 0 atom stereocenters. The first-order valence-electron chi connectivity index (χ1n) is 3.80. The van der Waals surface area contributed by atoms with Gasteiger partial charge in [-0.25, -0.2) is 4.39 Å². The predicted octanol–water partition coefficient (Wildman–Crippen LogP) is 2.91. The van der Waals surface area contributed by atoms with Gasteiger partial charge in [0.2, 0.25) is 0 Å². The van der Waals surface area contributed by atoms with Crippen LogP contribution in [-0.2, 0) is 0 Å². The van der Waals surface area contributed by atoms with E-state index < -0.39 is 0 Å². The lowest BCUT2D eigenvalue weighted by Gasteiger charge is -2.06. The first-order chi connectivity index (χ1) is 6.25. The summed E-state index contributed by atoms with van der Waals surface area (Å²) in [4.78, 5) is 0. The summed E-state index contributed by atoms with van der Waals surface area (Å²) in [6.07, 6.45) is 0.362. The normalized spacial score (nSPS) is 9.31. The van der Waals surface area contributed by atoms with E-state index in [4.69, 9.17) is 5.26 Å². The maximum Gasteiger partial charge on any atom is 0.147 e. The Morgan fingerprint density at radius 1 is 1.54 bits per heavy atom. The highest BCUT2D eigenvalue weighted by Gasteiger charge is 2.04. The predicted molar refractivity (Wildman–Crippen MR) is 52.8 cm³/mol. The quantitative estimate of drug-likeness (QED) is 0.828. The van der Waals surface area contributed by atoms with Gasteiger partial charge in [-0.3, -0.25) is 0 Å². The van der Waals surface area contributed by atoms with Crippen LogP contribution in [-0.4, -0.2) is 6.54 Å². The van der Waals surface area contributed by atoms with E-state index >= 15 is 0 Å². The Morgan fingerprint density at radius 2 is 2.31 bits per heavy atom. The summed E-state index contributed by atoms with van der Waals surface area (Å²) in [6, 6.07) is 6.72. The fourth-order valence-electron chi connectivity index (χ4n) is 0.910. The molecule has 0 aliphatic heterocycles. The zero-order valence-electron chi connectivity index (χ0n) is 6.85. The summed E-state index contributed by atoms with van der Waals surface area (Å²) >= 11 is 3.21. The zero-order chi connectivity index (χ0) is 9.68. The number of nitrogens with one attached hydrogen (secondary N) is 1. The van der Waals surface area contributed by atoms with Crippen molar-refractivity contribution in [3.05, 3.63) is 28.5 Å². The van der Waals surface area contributed by atoms with E-state index in [1.54, 1.807) is 12.1 Å². The number of benzene rings is 1. The number of hydrogen-bond donors (Lipinski definition) is 1. The third-order valence-corrected chi connectivity index (χ3v) is 2.16. The highest BCUT2D eigenvalue weighted by Crippen LogP contribution is 2.24. The van der Waals surface area contributed by atoms with E-state index in [1.165, 1.54) is 6.07 Å². The third-order valence-electron chi connectivity index (χ3n) is 1.50. The minimum Gasteiger partial charge on any atom is -0.381 e. The van der Waals surface area contributed by atoms with E-state index in [1.807, 2.05) is 6.07 Å². The van der Waals surface area contributed by atoms with E-state index in [0.717, 1.165) is 0 Å². The molecule has 0 bridgehead atoms. The summed E-state index contributed by atoms with van der Waals surface area (Å²) in [5.41, 5.74) is 0.415. The first-order valence-corrected chi connectivity index (χ1v) is 4.60. The van der Waals surface area contributed by atoms with Crippen molar-refractivity contribution in [1.29, 1.82) is 5.26 Å². The van der Waals surface area contributed by atoms with Crippen molar-refractivity contribution >= 4 is 21.6 Å². The number of halogens is 2. The second kappa shape index (κ2) is 4.83. The lowest BCUT2D eigenvalue weighted by atomic mass is 10.3. The molecule has 0 aliphatic carbocycles. The van der Waals surface area contributed by atoms with Gasteiger partial charge in [0, 0.05) is 11.0 Å². The second-order valence-electron chi connectivity index (χ2n) is 2.43. The van der Waals surface area contributed by atoms with Gasteiger partial charge in [-0.15, -0.1) is 0 Å². The standard InChI is InChI=1S/C9H8BrFN2/c10-7-3-1-4-8(11)9(7)13-6-2-5-12/h1,3-4,13H,2,6H2. The minimum absolute atomic E-state index is 0.313. The second-order valence-corrected chi connectivity index (χ2v) is 3.29. The Morgan fingerprint density at radius 3 is 2.92 bits per heavy atom. The summed E-state index contributed by atoms with van der Waals surface area (Å²) in [7, 11) is 0. The molecule has 4 heteroatoms. The number of nitriles is 1. The van der Waals surface area contributed by atoms with Crippen LogP contribution in [0.4, 0.5) is 10.1 Å². The maximum atomic E-state index is 13.1. The molecule has 1 aromatic rings. The average Bonchev–Trinajstić information content (AvgIpc) is 2.10. The molecule has 13 heavy (non-hydrogen) atoms. The Bertz CT molecular complexity index is 313. The molecule has 68 valence electrons. The molecule has 1 rings (SSSR count). The van der Waals surface area contributed by atoms with Gasteiger partial charge in [0.15, 0.2) is 0 Å². The summed E-state index contributed by atoms with van der Waals surface area (Å²) < 4.78 is 13.8. The molecule has 0 saturated heterocycles. The van der Waals surface area contributed by atoms with Gasteiger partial charge in [-0.1, -0.05) is 6.07 Å². The molecular weight excluding hydrogens is 235 g/mol. The number of hydrogen-bond acceptors (Lipinski definition) is 2. The summed E-state index contributed by atoms with van der Waals surface area (Å²) in [5, 5.41) is 11.1. The molecule has 1 N–H and O–H groups in total. The third kappa shape index (κ3) is 2.71. The molecule has 0 radical (unpaired) electrons. The molecule has 0 heterocycles. The van der Waals surface area contributed by atoms with Crippen LogP contribution in [0.3, 0.4) is 0 Å². The van der Waals surface area contributed by atoms with Crippen LogP contribution in [0.15, 0.2) is 22.7 Å². The van der Waals surface area contributed by atoms with Crippen molar-refractivity contribution < 1.29 is 4.39 Å². The molecular formula is C9H8BrFN2. The largest absolute Gasteiger partial charge is 0.381 e. The van der Waals surface area contributed by atoms with Crippen molar-refractivity contribution in [3.8, 4) is 6.07 Å². The molecule has 0 spiro atoms. The minimum atomic E-state index is -0.313. The molecule has 0 aliphatic rings. The fraction of sp³-hybridized carbons (Fsp3) is 0.222. The Hall–Kier alpha value is -1.08. The van der Waals surface area contributed by atoms with Crippen LogP contribution in [0, 0.1) is 17.1 Å². The van der Waals surface area contributed by atoms with Gasteiger partial charge >= 0.3 is 0 Å². The van der Waals surface area contributed by atoms with E-state index in [0.29, 0.717) is 23.1 Å². The lowest BCUT2D eigenvalue weighted by Crippen LogP contribution is -2.02. The van der Waals surface area contributed by atoms with Crippen molar-refractivity contribution in [2.45, 2.75) is 6.42 Å². The van der Waals surface area contributed by atoms with Gasteiger partial charge in [-0.2, -0.15) is 5.26 Å². The smallest absolute Gasteiger partial charge is 0.147 e. The molecule has 0 unspecified atom stereocenters. The lowest BCUT2D eigenvalue weighted by molar-refractivity contribution is 0.629. The van der Waals surface area contributed by atoms with Crippen LogP contribution in [0.2, 0.25) is 0 Å². The number of anilines is 1. The van der Waals surface area contributed by atoms with Crippen LogP contribution in [0.5, 0.6) is 0 Å². The summed E-state index contributed by atoms with van der Waals surface area (Å²) in [6.45, 7) is 0.454. The van der Waals surface area contributed by atoms with Crippen molar-refractivity contribution in [1.82, 2.24) is 0 Å². The Labute approximate surface area is 84.5 Å². The number of rotatable bonds is 3. The van der Waals surface area contributed by atoms with E-state index in [9.17, 15) is 4.39 Å². The average molecular weight is 243 g/mol. The number of para-hydroxylation sites is 1. The van der Waals surface area contributed by atoms with Crippen LogP contribution >= 0.6 is 15.9 Å². The monoisotopic (exact) mass is 242 g/mol. The van der Waals surface area contributed by atoms with Gasteiger partial charge in [0.1, 0.15) is 5.82 Å². The highest BCUT2D eigenvalue weighted by molar-refractivity contribution is 9.10. The maximum absolute atomic E-state index is 13.1. The first kappa shape index (κ1) is 10.0. The van der Waals surface area contributed by atoms with Gasteiger partial charge in [-0.05, 0) is 28.1 Å². The SMILES string of the molecule is N#CCCNc1c(F)cccc1Br. The molecule has 0 amide bonds. The zero-order valence-corrected chi connectivity index (χ0v) is 8.44. The summed E-state index contributed by atoms with van der Waals surface area (Å²) in [5.74, 6) is -0.313. The van der Waals surface area contributed by atoms with Crippen molar-refractivity contribution in [2.75, 3.05) is 11.9 Å².